The number of halogens is 3. The largest absolute Gasteiger partial charge is 0.330 e. The lowest BCUT2D eigenvalue weighted by molar-refractivity contribution is 0.599. The van der Waals surface area contributed by atoms with Crippen molar-refractivity contribution >= 4 is 35.0 Å². The average Bonchev–Trinajstić information content (AvgIpc) is 2.37. The first-order chi connectivity index (χ1) is 9.10. The maximum Gasteiger partial charge on any atom is 0.137 e. The molecule has 0 spiro atoms. The fourth-order valence-corrected chi connectivity index (χ4v) is 2.84. The van der Waals surface area contributed by atoms with Gasteiger partial charge in [0.2, 0.25) is 0 Å². The maximum absolute atomic E-state index is 13.9. The van der Waals surface area contributed by atoms with Crippen LogP contribution in [0.1, 0.15) is 5.56 Å². The van der Waals surface area contributed by atoms with Crippen LogP contribution in [0, 0.1) is 5.82 Å². The summed E-state index contributed by atoms with van der Waals surface area (Å²) in [4.78, 5) is 1.40. The SMILES string of the molecule is NCCc1ccc(Sc2ccc(Cl)c(Cl)c2)c(F)c1. The third-order valence-corrected chi connectivity index (χ3v) is 4.33. The number of hydrogen-bond donors (Lipinski definition) is 1. The number of hydrogen-bond acceptors (Lipinski definition) is 2. The van der Waals surface area contributed by atoms with Crippen LogP contribution in [0.15, 0.2) is 46.2 Å². The van der Waals surface area contributed by atoms with Crippen LogP contribution in [0.5, 0.6) is 0 Å². The van der Waals surface area contributed by atoms with E-state index in [2.05, 4.69) is 0 Å². The van der Waals surface area contributed by atoms with E-state index in [0.717, 1.165) is 10.5 Å². The first-order valence-corrected chi connectivity index (χ1v) is 7.29. The van der Waals surface area contributed by atoms with E-state index in [1.165, 1.54) is 17.8 Å². The Bertz CT molecular complexity index is 590. The molecule has 0 fully saturated rings. The molecule has 1 nitrogen and oxygen atoms in total. The summed E-state index contributed by atoms with van der Waals surface area (Å²) in [5, 5.41) is 0.955. The first kappa shape index (κ1) is 14.7. The molecule has 0 unspecified atom stereocenters. The molecule has 0 aliphatic heterocycles. The maximum atomic E-state index is 13.9. The number of nitrogens with two attached hydrogens (primary N) is 1. The molecular weight excluding hydrogens is 304 g/mol. The van der Waals surface area contributed by atoms with Crippen LogP contribution in [-0.2, 0) is 6.42 Å². The second-order valence-electron chi connectivity index (χ2n) is 3.98. The number of rotatable bonds is 4. The van der Waals surface area contributed by atoms with Gasteiger partial charge in [0.25, 0.3) is 0 Å². The van der Waals surface area contributed by atoms with Crippen molar-refractivity contribution in [3.63, 3.8) is 0 Å². The van der Waals surface area contributed by atoms with Crippen molar-refractivity contribution in [1.82, 2.24) is 0 Å². The van der Waals surface area contributed by atoms with Crippen LogP contribution in [0.2, 0.25) is 10.0 Å². The third-order valence-electron chi connectivity index (χ3n) is 2.55. The van der Waals surface area contributed by atoms with E-state index in [-0.39, 0.29) is 5.82 Å². The first-order valence-electron chi connectivity index (χ1n) is 5.71. The Morgan fingerprint density at radius 2 is 1.84 bits per heavy atom. The molecule has 0 saturated carbocycles. The Kier molecular flexibility index (Phi) is 5.11. The van der Waals surface area contributed by atoms with E-state index in [1.54, 1.807) is 18.2 Å². The van der Waals surface area contributed by atoms with E-state index in [1.807, 2.05) is 12.1 Å². The lowest BCUT2D eigenvalue weighted by Crippen LogP contribution is -2.02. The van der Waals surface area contributed by atoms with Gasteiger partial charge in [0, 0.05) is 9.79 Å². The molecule has 2 aromatic rings. The summed E-state index contributed by atoms with van der Waals surface area (Å²) in [7, 11) is 0. The molecule has 19 heavy (non-hydrogen) atoms. The molecule has 0 aromatic heterocycles. The van der Waals surface area contributed by atoms with Gasteiger partial charge in [-0.1, -0.05) is 41.0 Å². The molecule has 2 aromatic carbocycles. The predicted octanol–water partition coefficient (Wildman–Crippen LogP) is 4.78. The van der Waals surface area contributed by atoms with E-state index in [4.69, 9.17) is 28.9 Å². The van der Waals surface area contributed by atoms with Gasteiger partial charge >= 0.3 is 0 Å². The van der Waals surface area contributed by atoms with Crippen LogP contribution in [0.3, 0.4) is 0 Å². The van der Waals surface area contributed by atoms with Crippen molar-refractivity contribution in [1.29, 1.82) is 0 Å². The van der Waals surface area contributed by atoms with Gasteiger partial charge in [-0.15, -0.1) is 0 Å². The zero-order valence-corrected chi connectivity index (χ0v) is 12.3. The van der Waals surface area contributed by atoms with Gasteiger partial charge in [0.15, 0.2) is 0 Å². The molecule has 2 N–H and O–H groups in total. The lowest BCUT2D eigenvalue weighted by atomic mass is 10.1. The zero-order valence-electron chi connectivity index (χ0n) is 10.00. The van der Waals surface area contributed by atoms with Gasteiger partial charge in [-0.25, -0.2) is 4.39 Å². The van der Waals surface area contributed by atoms with Gasteiger partial charge in [-0.05, 0) is 48.9 Å². The normalized spacial score (nSPS) is 10.7. The smallest absolute Gasteiger partial charge is 0.137 e. The molecule has 0 amide bonds. The minimum atomic E-state index is -0.248. The van der Waals surface area contributed by atoms with E-state index < -0.39 is 0 Å². The van der Waals surface area contributed by atoms with Crippen LogP contribution < -0.4 is 5.73 Å². The van der Waals surface area contributed by atoms with Gasteiger partial charge in [-0.3, -0.25) is 0 Å². The van der Waals surface area contributed by atoms with Crippen LogP contribution in [-0.4, -0.2) is 6.54 Å². The summed E-state index contributed by atoms with van der Waals surface area (Å²) in [5.41, 5.74) is 6.35. The van der Waals surface area contributed by atoms with Crippen molar-refractivity contribution in [3.8, 4) is 0 Å². The molecule has 0 heterocycles. The van der Waals surface area contributed by atoms with Crippen LogP contribution in [0.25, 0.3) is 0 Å². The van der Waals surface area contributed by atoms with Gasteiger partial charge < -0.3 is 5.73 Å². The number of benzene rings is 2. The Balaban J connectivity index is 2.20. The molecule has 0 aliphatic rings. The summed E-state index contributed by atoms with van der Waals surface area (Å²) in [6.07, 6.45) is 0.675. The average molecular weight is 316 g/mol. The Hall–Kier alpha value is -0.740. The van der Waals surface area contributed by atoms with Crippen LogP contribution in [0.4, 0.5) is 4.39 Å². The summed E-state index contributed by atoms with van der Waals surface area (Å²) in [5.74, 6) is -0.248. The highest BCUT2D eigenvalue weighted by atomic mass is 35.5. The summed E-state index contributed by atoms with van der Waals surface area (Å²) in [6, 6.07) is 10.4. The van der Waals surface area contributed by atoms with Gasteiger partial charge in [0.1, 0.15) is 5.82 Å². The monoisotopic (exact) mass is 315 g/mol. The van der Waals surface area contributed by atoms with Crippen molar-refractivity contribution in [2.45, 2.75) is 16.2 Å². The van der Waals surface area contributed by atoms with E-state index in [0.29, 0.717) is 27.9 Å². The molecular formula is C14H12Cl2FNS. The second kappa shape index (κ2) is 6.62. The molecule has 2 rings (SSSR count). The molecule has 5 heteroatoms. The van der Waals surface area contributed by atoms with Crippen molar-refractivity contribution in [2.75, 3.05) is 6.54 Å². The van der Waals surface area contributed by atoms with E-state index >= 15 is 0 Å². The fraction of sp³-hybridized carbons (Fsp3) is 0.143. The predicted molar refractivity (Wildman–Crippen MR) is 79.7 cm³/mol. The highest BCUT2D eigenvalue weighted by Gasteiger charge is 2.07. The van der Waals surface area contributed by atoms with Gasteiger partial charge in [0.05, 0.1) is 10.0 Å². The van der Waals surface area contributed by atoms with Gasteiger partial charge in [-0.2, -0.15) is 0 Å². The standard InChI is InChI=1S/C14H12Cl2FNS/c15-11-3-2-10(8-12(11)16)19-14-4-1-9(5-6-18)7-13(14)17/h1-4,7-8H,5-6,18H2. The Morgan fingerprint density at radius 3 is 2.47 bits per heavy atom. The molecule has 0 aliphatic carbocycles. The quantitative estimate of drug-likeness (QED) is 0.878. The molecule has 100 valence electrons. The highest BCUT2D eigenvalue weighted by molar-refractivity contribution is 7.99. The molecule has 0 atom stereocenters. The van der Waals surface area contributed by atoms with Crippen molar-refractivity contribution in [3.05, 3.63) is 57.8 Å². The minimum absolute atomic E-state index is 0.248. The summed E-state index contributed by atoms with van der Waals surface area (Å²) >= 11 is 13.1. The highest BCUT2D eigenvalue weighted by Crippen LogP contribution is 2.34. The Morgan fingerprint density at radius 1 is 1.05 bits per heavy atom. The zero-order chi connectivity index (χ0) is 13.8. The Labute approximate surface area is 125 Å². The minimum Gasteiger partial charge on any atom is -0.330 e. The fourth-order valence-electron chi connectivity index (χ4n) is 1.62. The summed E-state index contributed by atoms with van der Waals surface area (Å²) in [6.45, 7) is 0.513. The van der Waals surface area contributed by atoms with Crippen LogP contribution >= 0.6 is 35.0 Å². The second-order valence-corrected chi connectivity index (χ2v) is 5.91. The molecule has 0 bridgehead atoms. The van der Waals surface area contributed by atoms with Crippen molar-refractivity contribution < 1.29 is 4.39 Å². The third kappa shape index (κ3) is 3.86. The topological polar surface area (TPSA) is 26.0 Å². The van der Waals surface area contributed by atoms with E-state index in [9.17, 15) is 4.39 Å². The van der Waals surface area contributed by atoms with Crippen molar-refractivity contribution in [2.24, 2.45) is 5.73 Å². The molecule has 0 radical (unpaired) electrons. The summed E-state index contributed by atoms with van der Waals surface area (Å²) < 4.78 is 13.9. The molecule has 0 saturated heterocycles. The lowest BCUT2D eigenvalue weighted by Gasteiger charge is -2.06.